The standard InChI is InChI=1S/C46H34N2OS/c1-46(2)38-13-6-3-10-33(38)34-24-22-32(27-39(34)46)48-40-14-7-4-12-36(40)45-41(15-9-16-42(45)48)47(30-20-18-29(28-49)19-21-30)31-23-25-44-37(26-31)35-11-5-8-17-43(35)50-44/h3-27,49H,28H2,1-2H3. The van der Waals surface area contributed by atoms with Gasteiger partial charge in [0, 0.05) is 53.4 Å². The molecule has 1 aliphatic carbocycles. The molecule has 2 heterocycles. The third-order valence-electron chi connectivity index (χ3n) is 10.7. The first-order valence-electron chi connectivity index (χ1n) is 17.2. The van der Waals surface area contributed by atoms with Crippen LogP contribution in [0.5, 0.6) is 0 Å². The van der Waals surface area contributed by atoms with E-state index < -0.39 is 0 Å². The largest absolute Gasteiger partial charge is 0.392 e. The lowest BCUT2D eigenvalue weighted by molar-refractivity contribution is 0.282. The van der Waals surface area contributed by atoms with Crippen LogP contribution in [-0.2, 0) is 12.0 Å². The van der Waals surface area contributed by atoms with Crippen LogP contribution < -0.4 is 4.90 Å². The third-order valence-corrected chi connectivity index (χ3v) is 11.9. The summed E-state index contributed by atoms with van der Waals surface area (Å²) >= 11 is 1.84. The maximum absolute atomic E-state index is 9.89. The second-order valence-electron chi connectivity index (χ2n) is 13.9. The van der Waals surface area contributed by atoms with E-state index in [9.17, 15) is 5.11 Å². The zero-order chi connectivity index (χ0) is 33.6. The highest BCUT2D eigenvalue weighted by Gasteiger charge is 2.35. The Morgan fingerprint density at radius 1 is 0.580 bits per heavy atom. The second kappa shape index (κ2) is 10.9. The number of nitrogens with zero attached hydrogens (tertiary/aromatic N) is 2. The number of thiophene rings is 1. The van der Waals surface area contributed by atoms with Crippen molar-refractivity contribution < 1.29 is 5.11 Å². The number of hydrogen-bond donors (Lipinski definition) is 1. The maximum Gasteiger partial charge on any atom is 0.0681 e. The van der Waals surface area contributed by atoms with Gasteiger partial charge in [-0.2, -0.15) is 0 Å². The number of hydrogen-bond acceptors (Lipinski definition) is 3. The first kappa shape index (κ1) is 29.3. The van der Waals surface area contributed by atoms with E-state index in [1.807, 2.05) is 23.5 Å². The lowest BCUT2D eigenvalue weighted by Crippen LogP contribution is -2.15. The molecule has 2 aromatic heterocycles. The van der Waals surface area contributed by atoms with E-state index in [1.165, 1.54) is 58.7 Å². The minimum atomic E-state index is -0.0894. The van der Waals surface area contributed by atoms with E-state index in [4.69, 9.17) is 0 Å². The number of aliphatic hydroxyl groups is 1. The Morgan fingerprint density at radius 3 is 2.14 bits per heavy atom. The van der Waals surface area contributed by atoms with Crippen molar-refractivity contribution in [2.45, 2.75) is 25.9 Å². The lowest BCUT2D eigenvalue weighted by atomic mass is 9.82. The molecule has 0 amide bonds. The summed E-state index contributed by atoms with van der Waals surface area (Å²) in [7, 11) is 0. The number of para-hydroxylation sites is 1. The Kier molecular flexibility index (Phi) is 6.38. The summed E-state index contributed by atoms with van der Waals surface area (Å²) in [5.41, 5.74) is 13.0. The number of benzene rings is 7. The van der Waals surface area contributed by atoms with Crippen LogP contribution in [0.15, 0.2) is 152 Å². The van der Waals surface area contributed by atoms with Gasteiger partial charge in [-0.1, -0.05) is 98.8 Å². The first-order chi connectivity index (χ1) is 24.5. The average molecular weight is 663 g/mol. The van der Waals surface area contributed by atoms with Gasteiger partial charge in [-0.05, 0) is 94.5 Å². The Balaban J connectivity index is 1.23. The van der Waals surface area contributed by atoms with Crippen molar-refractivity contribution in [2.75, 3.05) is 4.90 Å². The SMILES string of the molecule is CC1(C)c2ccccc2-c2ccc(-n3c4ccccc4c4c(N(c5ccc(CO)cc5)c5ccc6sc7ccccc7c6c5)cccc43)cc21. The number of rotatable bonds is 5. The summed E-state index contributed by atoms with van der Waals surface area (Å²) in [6, 6.07) is 55.2. The van der Waals surface area contributed by atoms with Crippen LogP contribution in [0.3, 0.4) is 0 Å². The highest BCUT2D eigenvalue weighted by Crippen LogP contribution is 2.50. The Hall–Kier alpha value is -5.68. The minimum Gasteiger partial charge on any atom is -0.392 e. The zero-order valence-electron chi connectivity index (χ0n) is 27.9. The summed E-state index contributed by atoms with van der Waals surface area (Å²) in [5.74, 6) is 0. The van der Waals surface area contributed by atoms with Gasteiger partial charge in [-0.3, -0.25) is 0 Å². The van der Waals surface area contributed by atoms with Crippen molar-refractivity contribution in [3.8, 4) is 16.8 Å². The van der Waals surface area contributed by atoms with Crippen molar-refractivity contribution in [2.24, 2.45) is 0 Å². The normalized spacial score (nSPS) is 13.3. The Morgan fingerprint density at radius 2 is 1.28 bits per heavy atom. The molecule has 7 aromatic carbocycles. The number of anilines is 3. The Labute approximate surface area is 294 Å². The van der Waals surface area contributed by atoms with E-state index in [0.717, 1.165) is 33.8 Å². The molecule has 1 N–H and O–H groups in total. The van der Waals surface area contributed by atoms with Crippen molar-refractivity contribution in [1.82, 2.24) is 4.57 Å². The van der Waals surface area contributed by atoms with Gasteiger partial charge in [0.15, 0.2) is 0 Å². The van der Waals surface area contributed by atoms with Crippen LogP contribution in [0.4, 0.5) is 17.1 Å². The molecule has 0 radical (unpaired) electrons. The van der Waals surface area contributed by atoms with E-state index in [0.29, 0.717) is 0 Å². The monoisotopic (exact) mass is 662 g/mol. The highest BCUT2D eigenvalue weighted by molar-refractivity contribution is 7.25. The molecule has 0 atom stereocenters. The van der Waals surface area contributed by atoms with Crippen LogP contribution in [-0.4, -0.2) is 9.67 Å². The van der Waals surface area contributed by atoms with Crippen molar-refractivity contribution in [3.63, 3.8) is 0 Å². The van der Waals surface area contributed by atoms with Crippen LogP contribution in [0.2, 0.25) is 0 Å². The summed E-state index contributed by atoms with van der Waals surface area (Å²) in [4.78, 5) is 2.38. The highest BCUT2D eigenvalue weighted by atomic mass is 32.1. The van der Waals surface area contributed by atoms with E-state index in [-0.39, 0.29) is 12.0 Å². The molecule has 1 aliphatic rings. The van der Waals surface area contributed by atoms with Gasteiger partial charge in [-0.25, -0.2) is 0 Å². The molecular weight excluding hydrogens is 629 g/mol. The number of aliphatic hydroxyl groups excluding tert-OH is 1. The summed E-state index contributed by atoms with van der Waals surface area (Å²) in [6.45, 7) is 4.70. The van der Waals surface area contributed by atoms with Gasteiger partial charge >= 0.3 is 0 Å². The van der Waals surface area contributed by atoms with Gasteiger partial charge in [0.25, 0.3) is 0 Å². The van der Waals surface area contributed by atoms with Crippen LogP contribution in [0.1, 0.15) is 30.5 Å². The number of aromatic nitrogens is 1. The third kappa shape index (κ3) is 4.19. The molecule has 0 aliphatic heterocycles. The second-order valence-corrected chi connectivity index (χ2v) is 14.9. The van der Waals surface area contributed by atoms with Crippen molar-refractivity contribution in [1.29, 1.82) is 0 Å². The smallest absolute Gasteiger partial charge is 0.0681 e. The topological polar surface area (TPSA) is 28.4 Å². The lowest BCUT2D eigenvalue weighted by Gasteiger charge is -2.27. The fourth-order valence-electron chi connectivity index (χ4n) is 8.33. The molecule has 0 fully saturated rings. The van der Waals surface area contributed by atoms with E-state index in [2.05, 4.69) is 163 Å². The first-order valence-corrected chi connectivity index (χ1v) is 18.0. The molecule has 3 nitrogen and oxygen atoms in total. The predicted molar refractivity (Wildman–Crippen MR) is 212 cm³/mol. The molecule has 4 heteroatoms. The van der Waals surface area contributed by atoms with Crippen LogP contribution in [0.25, 0.3) is 58.8 Å². The van der Waals surface area contributed by atoms with Crippen molar-refractivity contribution in [3.05, 3.63) is 168 Å². The fraction of sp³-hybridized carbons (Fsp3) is 0.0870. The Bertz CT molecular complexity index is 2790. The van der Waals surface area contributed by atoms with Gasteiger partial charge in [0.1, 0.15) is 0 Å². The fourth-order valence-corrected chi connectivity index (χ4v) is 9.41. The molecule has 0 saturated heterocycles. The van der Waals surface area contributed by atoms with Crippen LogP contribution >= 0.6 is 11.3 Å². The van der Waals surface area contributed by atoms with Gasteiger partial charge in [0.2, 0.25) is 0 Å². The average Bonchev–Trinajstić information content (AvgIpc) is 3.78. The molecule has 9 aromatic rings. The molecule has 50 heavy (non-hydrogen) atoms. The molecular formula is C46H34N2OS. The number of fused-ring (bicyclic) bond motifs is 9. The zero-order valence-corrected chi connectivity index (χ0v) is 28.7. The van der Waals surface area contributed by atoms with E-state index in [1.54, 1.807) is 0 Å². The maximum atomic E-state index is 9.89. The molecule has 10 rings (SSSR count). The van der Waals surface area contributed by atoms with Gasteiger partial charge in [0.05, 0.1) is 23.3 Å². The van der Waals surface area contributed by atoms with E-state index >= 15 is 0 Å². The summed E-state index contributed by atoms with van der Waals surface area (Å²) in [6.07, 6.45) is 0. The molecule has 240 valence electrons. The predicted octanol–water partition coefficient (Wildman–Crippen LogP) is 12.4. The molecule has 0 saturated carbocycles. The molecule has 0 unspecified atom stereocenters. The minimum absolute atomic E-state index is 0.0128. The van der Waals surface area contributed by atoms with Crippen molar-refractivity contribution >= 4 is 70.4 Å². The molecule has 0 bridgehead atoms. The summed E-state index contributed by atoms with van der Waals surface area (Å²) < 4.78 is 5.02. The molecule has 0 spiro atoms. The van der Waals surface area contributed by atoms with Crippen LogP contribution in [0, 0.1) is 0 Å². The summed E-state index contributed by atoms with van der Waals surface area (Å²) in [5, 5.41) is 14.8. The quantitative estimate of drug-likeness (QED) is 0.199. The van der Waals surface area contributed by atoms with Gasteiger partial charge in [-0.15, -0.1) is 11.3 Å². The van der Waals surface area contributed by atoms with Gasteiger partial charge < -0.3 is 14.6 Å².